The Hall–Kier alpha value is -2.44. The third-order valence-electron chi connectivity index (χ3n) is 2.62. The van der Waals surface area contributed by atoms with Gasteiger partial charge in [0.25, 0.3) is 0 Å². The number of amides is 2. The number of hydrogen-bond donors (Lipinski definition) is 2. The molecule has 0 aromatic heterocycles. The summed E-state index contributed by atoms with van der Waals surface area (Å²) in [4.78, 5) is 33.6. The van der Waals surface area contributed by atoms with Gasteiger partial charge in [-0.3, -0.25) is 4.79 Å². The summed E-state index contributed by atoms with van der Waals surface area (Å²) < 4.78 is 5.07. The molecule has 1 unspecified atom stereocenters. The Kier molecular flexibility index (Phi) is 6.03. The molecule has 22 heavy (non-hydrogen) atoms. The number of nitrogens with one attached hydrogen (secondary N) is 2. The van der Waals surface area contributed by atoms with Crippen LogP contribution in [0.4, 0.5) is 10.5 Å². The Bertz CT molecular complexity index is 535. The van der Waals surface area contributed by atoms with Crippen LogP contribution in [0.5, 0.6) is 0 Å². The monoisotopic (exact) mass is 307 g/mol. The summed E-state index contributed by atoms with van der Waals surface area (Å²) in [5, 5.41) is 7.91. The number of urea groups is 1. The van der Waals surface area contributed by atoms with Gasteiger partial charge in [0, 0.05) is 5.69 Å². The molecule has 0 aliphatic rings. The quantitative estimate of drug-likeness (QED) is 0.645. The standard InChI is InChI=1S/C15H21N3O4/c1-10(18-21)11-5-7-12(8-6-11)17-14(20)16-9-13(19)22-15(2,3)4/h5-8,10H,9H2,1-4H3,(H2,16,17,20). The Morgan fingerprint density at radius 2 is 1.82 bits per heavy atom. The smallest absolute Gasteiger partial charge is 0.325 e. The fourth-order valence-corrected chi connectivity index (χ4v) is 1.61. The predicted molar refractivity (Wildman–Crippen MR) is 83.5 cm³/mol. The number of ether oxygens (including phenoxy) is 1. The van der Waals surface area contributed by atoms with Gasteiger partial charge < -0.3 is 15.4 Å². The molecule has 0 aliphatic heterocycles. The lowest BCUT2D eigenvalue weighted by Crippen LogP contribution is -2.36. The van der Waals surface area contributed by atoms with Crippen molar-refractivity contribution < 1.29 is 14.3 Å². The molecule has 1 rings (SSSR count). The van der Waals surface area contributed by atoms with Crippen molar-refractivity contribution in [3.05, 3.63) is 34.7 Å². The van der Waals surface area contributed by atoms with Crippen LogP contribution in [0.1, 0.15) is 39.3 Å². The number of nitrogens with zero attached hydrogens (tertiary/aromatic N) is 1. The topological polar surface area (TPSA) is 96.9 Å². The third kappa shape index (κ3) is 6.34. The maximum Gasteiger partial charge on any atom is 0.325 e. The summed E-state index contributed by atoms with van der Waals surface area (Å²) in [5.41, 5.74) is 0.715. The van der Waals surface area contributed by atoms with Gasteiger partial charge in [-0.25, -0.2) is 4.79 Å². The minimum absolute atomic E-state index is 0.215. The van der Waals surface area contributed by atoms with Gasteiger partial charge in [0.2, 0.25) is 0 Å². The van der Waals surface area contributed by atoms with Gasteiger partial charge in [0.15, 0.2) is 0 Å². The van der Waals surface area contributed by atoms with E-state index in [2.05, 4.69) is 15.8 Å². The number of nitroso groups, excluding NO2 is 1. The molecule has 0 aliphatic carbocycles. The molecule has 0 saturated carbocycles. The summed E-state index contributed by atoms with van der Waals surface area (Å²) in [6.45, 7) is 6.72. The van der Waals surface area contributed by atoms with E-state index in [9.17, 15) is 14.5 Å². The molecule has 0 spiro atoms. The normalized spacial score (nSPS) is 12.2. The van der Waals surface area contributed by atoms with Gasteiger partial charge in [-0.05, 0) is 45.4 Å². The highest BCUT2D eigenvalue weighted by atomic mass is 16.6. The van der Waals surface area contributed by atoms with Crippen molar-refractivity contribution in [1.29, 1.82) is 0 Å². The van der Waals surface area contributed by atoms with Crippen molar-refractivity contribution in [3.8, 4) is 0 Å². The van der Waals surface area contributed by atoms with E-state index in [-0.39, 0.29) is 6.54 Å². The molecule has 1 aromatic rings. The first-order valence-electron chi connectivity index (χ1n) is 6.90. The molecule has 7 nitrogen and oxygen atoms in total. The van der Waals surface area contributed by atoms with Crippen LogP contribution in [0.25, 0.3) is 0 Å². The summed E-state index contributed by atoms with van der Waals surface area (Å²) in [5.74, 6) is -0.510. The maximum atomic E-state index is 11.7. The molecule has 120 valence electrons. The zero-order valence-corrected chi connectivity index (χ0v) is 13.2. The second kappa shape index (κ2) is 7.53. The third-order valence-corrected chi connectivity index (χ3v) is 2.62. The lowest BCUT2D eigenvalue weighted by atomic mass is 10.1. The van der Waals surface area contributed by atoms with Crippen LogP contribution in [-0.4, -0.2) is 24.1 Å². The number of hydrogen-bond acceptors (Lipinski definition) is 5. The molecular formula is C15H21N3O4. The second-order valence-corrected chi connectivity index (χ2v) is 5.80. The molecule has 1 atom stereocenters. The van der Waals surface area contributed by atoms with Crippen molar-refractivity contribution in [3.63, 3.8) is 0 Å². The van der Waals surface area contributed by atoms with Gasteiger partial charge >= 0.3 is 12.0 Å². The van der Waals surface area contributed by atoms with Gasteiger partial charge in [0.1, 0.15) is 18.2 Å². The molecule has 0 radical (unpaired) electrons. The number of carbonyl (C=O) groups excluding carboxylic acids is 2. The van der Waals surface area contributed by atoms with Crippen LogP contribution in [0.15, 0.2) is 29.4 Å². The summed E-state index contributed by atoms with van der Waals surface area (Å²) in [6, 6.07) is 5.77. The highest BCUT2D eigenvalue weighted by molar-refractivity contribution is 5.91. The highest BCUT2D eigenvalue weighted by Crippen LogP contribution is 2.18. The highest BCUT2D eigenvalue weighted by Gasteiger charge is 2.16. The van der Waals surface area contributed by atoms with Crippen molar-refractivity contribution in [2.24, 2.45) is 5.18 Å². The Morgan fingerprint density at radius 3 is 2.32 bits per heavy atom. The fourth-order valence-electron chi connectivity index (χ4n) is 1.61. The van der Waals surface area contributed by atoms with Gasteiger partial charge in [-0.2, -0.15) is 4.91 Å². The molecule has 0 heterocycles. The number of benzene rings is 1. The van der Waals surface area contributed by atoms with Crippen molar-refractivity contribution in [2.45, 2.75) is 39.3 Å². The van der Waals surface area contributed by atoms with Gasteiger partial charge in [-0.1, -0.05) is 17.3 Å². The first-order chi connectivity index (χ1) is 10.2. The molecule has 7 heteroatoms. The molecule has 0 bridgehead atoms. The Labute approximate surface area is 129 Å². The van der Waals surface area contributed by atoms with Crippen LogP contribution >= 0.6 is 0 Å². The zero-order chi connectivity index (χ0) is 16.8. The minimum atomic E-state index is -0.589. The van der Waals surface area contributed by atoms with E-state index in [0.29, 0.717) is 5.69 Å². The molecule has 2 N–H and O–H groups in total. The number of anilines is 1. The van der Waals surface area contributed by atoms with E-state index in [4.69, 9.17) is 4.74 Å². The fraction of sp³-hybridized carbons (Fsp3) is 0.467. The minimum Gasteiger partial charge on any atom is -0.459 e. The lowest BCUT2D eigenvalue weighted by Gasteiger charge is -2.19. The maximum absolute atomic E-state index is 11.7. The molecular weight excluding hydrogens is 286 g/mol. The van der Waals surface area contributed by atoms with E-state index in [1.807, 2.05) is 0 Å². The largest absolute Gasteiger partial charge is 0.459 e. The van der Waals surface area contributed by atoms with Crippen LogP contribution in [-0.2, 0) is 9.53 Å². The van der Waals surface area contributed by atoms with E-state index >= 15 is 0 Å². The van der Waals surface area contributed by atoms with Crippen LogP contribution in [0.2, 0.25) is 0 Å². The van der Waals surface area contributed by atoms with E-state index in [1.54, 1.807) is 52.0 Å². The summed E-state index contributed by atoms with van der Waals surface area (Å²) >= 11 is 0. The predicted octanol–water partition coefficient (Wildman–Crippen LogP) is 2.98. The van der Waals surface area contributed by atoms with Crippen LogP contribution < -0.4 is 10.6 Å². The SMILES string of the molecule is CC(N=O)c1ccc(NC(=O)NCC(=O)OC(C)(C)C)cc1. The first kappa shape index (κ1) is 17.6. The average molecular weight is 307 g/mol. The van der Waals surface area contributed by atoms with Crippen LogP contribution in [0.3, 0.4) is 0 Å². The number of esters is 1. The Balaban J connectivity index is 2.45. The van der Waals surface area contributed by atoms with E-state index in [1.165, 1.54) is 0 Å². The van der Waals surface area contributed by atoms with Crippen LogP contribution in [0, 0.1) is 4.91 Å². The van der Waals surface area contributed by atoms with Crippen molar-refractivity contribution >= 4 is 17.7 Å². The molecule has 2 amide bonds. The van der Waals surface area contributed by atoms with Crippen molar-refractivity contribution in [2.75, 3.05) is 11.9 Å². The Morgan fingerprint density at radius 1 is 1.23 bits per heavy atom. The second-order valence-electron chi connectivity index (χ2n) is 5.80. The van der Waals surface area contributed by atoms with Gasteiger partial charge in [0.05, 0.1) is 0 Å². The lowest BCUT2D eigenvalue weighted by molar-refractivity contribution is -0.153. The van der Waals surface area contributed by atoms with Crippen molar-refractivity contribution in [1.82, 2.24) is 5.32 Å². The number of rotatable bonds is 5. The van der Waals surface area contributed by atoms with E-state index < -0.39 is 23.6 Å². The zero-order valence-electron chi connectivity index (χ0n) is 13.2. The number of carbonyl (C=O) groups is 2. The van der Waals surface area contributed by atoms with E-state index in [0.717, 1.165) is 5.56 Å². The molecule has 0 saturated heterocycles. The van der Waals surface area contributed by atoms with Gasteiger partial charge in [-0.15, -0.1) is 0 Å². The summed E-state index contributed by atoms with van der Waals surface area (Å²) in [6.07, 6.45) is 0. The molecule has 1 aromatic carbocycles. The average Bonchev–Trinajstić information content (AvgIpc) is 2.43. The molecule has 0 fully saturated rings. The summed E-state index contributed by atoms with van der Waals surface area (Å²) in [7, 11) is 0. The first-order valence-corrected chi connectivity index (χ1v) is 6.90.